The minimum atomic E-state index is -1.82. The van der Waals surface area contributed by atoms with Crippen LogP contribution in [0.25, 0.3) is 0 Å². The molecule has 29 heavy (non-hydrogen) atoms. The summed E-state index contributed by atoms with van der Waals surface area (Å²) in [5, 5.41) is 16.0. The van der Waals surface area contributed by atoms with E-state index in [0.717, 1.165) is 0 Å². The van der Waals surface area contributed by atoms with E-state index in [1.54, 1.807) is 0 Å². The maximum absolute atomic E-state index is 9.10. The second-order valence-electron chi connectivity index (χ2n) is 6.85. The summed E-state index contributed by atoms with van der Waals surface area (Å²) in [6.45, 7) is 6.04. The van der Waals surface area contributed by atoms with Gasteiger partial charge in [0.05, 0.1) is 17.4 Å². The molecule has 2 atom stereocenters. The van der Waals surface area contributed by atoms with Crippen LogP contribution in [-0.4, -0.2) is 66.7 Å². The van der Waals surface area contributed by atoms with Gasteiger partial charge in [-0.25, -0.2) is 9.59 Å². The molecule has 3 heterocycles. The summed E-state index contributed by atoms with van der Waals surface area (Å²) < 4.78 is 9.30. The molecule has 8 nitrogen and oxygen atoms in total. The second kappa shape index (κ2) is 15.9. The van der Waals surface area contributed by atoms with Crippen molar-refractivity contribution in [1.29, 1.82) is 0 Å². The Kier molecular flexibility index (Phi) is 17.1. The molecule has 162 valence electrons. The van der Waals surface area contributed by atoms with Crippen LogP contribution in [-0.2, 0) is 28.5 Å². The molecule has 0 saturated carbocycles. The van der Waals surface area contributed by atoms with Crippen molar-refractivity contribution >= 4 is 48.9 Å². The summed E-state index contributed by atoms with van der Waals surface area (Å²) in [5.41, 5.74) is 1.68. The standard InChI is InChI=1S/C15H25N3S2.C2H2O4.Na.H2O.H2S/c1-2-3-4-5-11-19-14-13(16-20-17-14)15-7-6-9-18(12-15)10-8-15;3-1(4)2(5)6;;;/h2-12H2,1H3;(H,3,4)(H,5,6);;2*1H2/q;;+1;;/p-1. The van der Waals surface area contributed by atoms with E-state index >= 15 is 0 Å². The molecule has 1 aromatic heterocycles. The first-order valence-corrected chi connectivity index (χ1v) is 10.8. The molecule has 0 spiro atoms. The fourth-order valence-corrected chi connectivity index (χ4v) is 5.48. The Morgan fingerprint density at radius 1 is 1.14 bits per heavy atom. The van der Waals surface area contributed by atoms with Gasteiger partial charge >= 0.3 is 41.5 Å². The molecule has 3 rings (SSSR count). The Hall–Kier alpha value is 0.120. The SMILES string of the molecule is CCCCCCSc1nsnc1C12CCCN(CC1)C2.O.O=C(O)C(=O)O.[Na+].[SH-]. The zero-order chi connectivity index (χ0) is 19.0. The maximum atomic E-state index is 9.10. The summed E-state index contributed by atoms with van der Waals surface area (Å²) in [7, 11) is 0. The van der Waals surface area contributed by atoms with Crippen molar-refractivity contribution in [3.05, 3.63) is 5.69 Å². The smallest absolute Gasteiger partial charge is 0.813 e. The van der Waals surface area contributed by atoms with Crippen molar-refractivity contribution in [2.75, 3.05) is 25.4 Å². The third kappa shape index (κ3) is 9.42. The molecular formula is C17H30N3NaO5S3. The number of thiol groups is 1. The van der Waals surface area contributed by atoms with Crippen LogP contribution < -0.4 is 29.6 Å². The number of fused-ring (bicyclic) bond motifs is 2. The van der Waals surface area contributed by atoms with E-state index in [1.807, 2.05) is 11.8 Å². The van der Waals surface area contributed by atoms with Gasteiger partial charge in [0, 0.05) is 12.0 Å². The normalized spacial score (nSPS) is 21.5. The zero-order valence-electron chi connectivity index (χ0n) is 17.1. The molecular weight excluding hydrogens is 445 g/mol. The number of piperidine rings is 1. The molecule has 2 unspecified atom stereocenters. The van der Waals surface area contributed by atoms with E-state index in [1.165, 1.54) is 92.8 Å². The van der Waals surface area contributed by atoms with E-state index in [9.17, 15) is 0 Å². The molecule has 2 aliphatic rings. The van der Waals surface area contributed by atoms with Gasteiger partial charge in [-0.1, -0.05) is 26.2 Å². The first-order valence-electron chi connectivity index (χ1n) is 9.13. The summed E-state index contributed by atoms with van der Waals surface area (Å²) in [5.74, 6) is -2.44. The second-order valence-corrected chi connectivity index (χ2v) is 8.46. The van der Waals surface area contributed by atoms with Crippen molar-refractivity contribution in [1.82, 2.24) is 13.6 Å². The van der Waals surface area contributed by atoms with Gasteiger partial charge in [0.25, 0.3) is 0 Å². The largest absolute Gasteiger partial charge is 1.00 e. The summed E-state index contributed by atoms with van der Waals surface area (Å²) >= 11 is 3.37. The predicted molar refractivity (Wildman–Crippen MR) is 114 cm³/mol. The summed E-state index contributed by atoms with van der Waals surface area (Å²) in [6, 6.07) is 0. The van der Waals surface area contributed by atoms with Crippen LogP contribution in [0.15, 0.2) is 5.03 Å². The van der Waals surface area contributed by atoms with Gasteiger partial charge in [0.1, 0.15) is 5.03 Å². The van der Waals surface area contributed by atoms with Gasteiger partial charge in [-0.05, 0) is 44.5 Å². The van der Waals surface area contributed by atoms with Crippen LogP contribution in [0, 0.1) is 0 Å². The number of carboxylic acid groups (broad SMARTS) is 2. The molecule has 2 aliphatic heterocycles. The number of carboxylic acids is 2. The first kappa shape index (κ1) is 31.3. The number of thioether (sulfide) groups is 1. The minimum absolute atomic E-state index is 0. The van der Waals surface area contributed by atoms with Gasteiger partial charge in [-0.15, -0.1) is 11.8 Å². The average Bonchev–Trinajstić information content (AvgIpc) is 3.20. The predicted octanol–water partition coefficient (Wildman–Crippen LogP) is -0.987. The van der Waals surface area contributed by atoms with E-state index in [-0.39, 0.29) is 48.5 Å². The van der Waals surface area contributed by atoms with Gasteiger partial charge in [-0.2, -0.15) is 8.75 Å². The fraction of sp³-hybridized carbons (Fsp3) is 0.765. The first-order chi connectivity index (χ1) is 12.5. The van der Waals surface area contributed by atoms with Gasteiger partial charge in [-0.3, -0.25) is 0 Å². The van der Waals surface area contributed by atoms with Crippen molar-refractivity contribution in [3.63, 3.8) is 0 Å². The molecule has 12 heteroatoms. The summed E-state index contributed by atoms with van der Waals surface area (Å²) in [6.07, 6.45) is 9.29. The number of hydrogen-bond donors (Lipinski definition) is 2. The number of hydrogen-bond acceptors (Lipinski definition) is 8. The Bertz CT molecular complexity index is 607. The number of unbranched alkanes of at least 4 members (excludes halogenated alkanes) is 3. The topological polar surface area (TPSA) is 135 Å². The third-order valence-electron chi connectivity index (χ3n) is 4.94. The zero-order valence-corrected chi connectivity index (χ0v) is 21.6. The van der Waals surface area contributed by atoms with Crippen LogP contribution in [0.2, 0.25) is 0 Å². The van der Waals surface area contributed by atoms with E-state index in [0.29, 0.717) is 5.41 Å². The van der Waals surface area contributed by atoms with Crippen LogP contribution in [0.3, 0.4) is 0 Å². The fourth-order valence-electron chi connectivity index (χ4n) is 3.60. The van der Waals surface area contributed by atoms with E-state index < -0.39 is 11.9 Å². The van der Waals surface area contributed by atoms with Crippen LogP contribution >= 0.6 is 23.5 Å². The molecule has 2 bridgehead atoms. The van der Waals surface area contributed by atoms with Gasteiger partial charge in [0.15, 0.2) is 0 Å². The molecule has 0 aromatic carbocycles. The van der Waals surface area contributed by atoms with Gasteiger partial charge < -0.3 is 34.1 Å². The van der Waals surface area contributed by atoms with Crippen molar-refractivity contribution in [2.24, 2.45) is 0 Å². The van der Waals surface area contributed by atoms with E-state index in [2.05, 4.69) is 16.2 Å². The quantitative estimate of drug-likeness (QED) is 0.127. The van der Waals surface area contributed by atoms with Crippen molar-refractivity contribution in [3.8, 4) is 0 Å². The van der Waals surface area contributed by atoms with E-state index in [4.69, 9.17) is 24.2 Å². The maximum Gasteiger partial charge on any atom is 1.00 e. The Balaban J connectivity index is 0. The molecule has 0 amide bonds. The molecule has 0 radical (unpaired) electrons. The number of rotatable bonds is 7. The number of carbonyl (C=O) groups is 2. The third-order valence-corrected chi connectivity index (χ3v) is 6.64. The minimum Gasteiger partial charge on any atom is -0.813 e. The molecule has 4 N–H and O–H groups in total. The number of nitrogens with zero attached hydrogens (tertiary/aromatic N) is 3. The molecule has 1 aromatic rings. The molecule has 2 saturated heterocycles. The molecule has 0 aliphatic carbocycles. The number of aliphatic carboxylic acids is 2. The molecule has 2 fully saturated rings. The van der Waals surface area contributed by atoms with Crippen molar-refractivity contribution < 1.29 is 54.8 Å². The number of aromatic nitrogens is 2. The monoisotopic (exact) mass is 475 g/mol. The Morgan fingerprint density at radius 2 is 1.83 bits per heavy atom. The summed E-state index contributed by atoms with van der Waals surface area (Å²) in [4.78, 5) is 20.8. The van der Waals surface area contributed by atoms with Crippen molar-refractivity contribution in [2.45, 2.75) is 62.3 Å². The van der Waals surface area contributed by atoms with Crippen LogP contribution in [0.4, 0.5) is 0 Å². The van der Waals surface area contributed by atoms with Crippen LogP contribution in [0.5, 0.6) is 0 Å². The average molecular weight is 476 g/mol. The van der Waals surface area contributed by atoms with Gasteiger partial charge in [0.2, 0.25) is 0 Å². The van der Waals surface area contributed by atoms with Crippen LogP contribution in [0.1, 0.15) is 57.6 Å². The Morgan fingerprint density at radius 3 is 2.45 bits per heavy atom. The Labute approximate surface area is 209 Å².